The van der Waals surface area contributed by atoms with E-state index in [4.69, 9.17) is 16.3 Å². The highest BCUT2D eigenvalue weighted by molar-refractivity contribution is 6.30. The highest BCUT2D eigenvalue weighted by Crippen LogP contribution is 2.26. The third-order valence-corrected chi connectivity index (χ3v) is 5.29. The van der Waals surface area contributed by atoms with Crippen molar-refractivity contribution in [1.29, 1.82) is 0 Å². The number of anilines is 1. The second kappa shape index (κ2) is 8.26. The van der Waals surface area contributed by atoms with Gasteiger partial charge in [-0.05, 0) is 49.4 Å². The lowest BCUT2D eigenvalue weighted by atomic mass is 10.1. The molecule has 1 atom stereocenters. The number of pyridine rings is 1. The monoisotopic (exact) mass is 399 g/mol. The molecule has 0 saturated carbocycles. The molecule has 0 aliphatic carbocycles. The van der Waals surface area contributed by atoms with Crippen LogP contribution in [-0.2, 0) is 4.74 Å². The van der Waals surface area contributed by atoms with E-state index in [2.05, 4.69) is 20.4 Å². The molecule has 4 rings (SSSR count). The van der Waals surface area contributed by atoms with E-state index in [9.17, 15) is 4.79 Å². The number of hydrogen-bond acceptors (Lipinski definition) is 5. The van der Waals surface area contributed by atoms with Crippen LogP contribution in [0.5, 0.6) is 0 Å². The summed E-state index contributed by atoms with van der Waals surface area (Å²) in [5.41, 5.74) is 1.99. The van der Waals surface area contributed by atoms with Crippen LogP contribution in [0.15, 0.2) is 42.6 Å². The molecule has 7 nitrogen and oxygen atoms in total. The summed E-state index contributed by atoms with van der Waals surface area (Å²) in [6, 6.07) is 10.6. The van der Waals surface area contributed by atoms with Gasteiger partial charge in [-0.2, -0.15) is 0 Å². The van der Waals surface area contributed by atoms with Crippen molar-refractivity contribution in [3.63, 3.8) is 0 Å². The maximum atomic E-state index is 12.6. The van der Waals surface area contributed by atoms with E-state index in [1.54, 1.807) is 37.4 Å². The van der Waals surface area contributed by atoms with Gasteiger partial charge in [0, 0.05) is 43.0 Å². The van der Waals surface area contributed by atoms with Crippen molar-refractivity contribution in [1.82, 2.24) is 19.5 Å². The zero-order chi connectivity index (χ0) is 19.5. The zero-order valence-electron chi connectivity index (χ0n) is 15.6. The third kappa shape index (κ3) is 4.01. The Morgan fingerprint density at radius 1 is 1.25 bits per heavy atom. The molecular formula is C20H22ClN5O2. The van der Waals surface area contributed by atoms with Crippen LogP contribution < -0.4 is 5.32 Å². The number of amides is 1. The number of fused-ring (bicyclic) bond motifs is 1. The highest BCUT2D eigenvalue weighted by Gasteiger charge is 2.27. The SMILES string of the molecule is COCCN1CCC(c2nnc3ccc(C(=O)Nc4ccc(Cl)cc4)cn23)C1. The van der Waals surface area contributed by atoms with E-state index < -0.39 is 0 Å². The largest absolute Gasteiger partial charge is 0.383 e. The molecule has 2 aromatic heterocycles. The lowest BCUT2D eigenvalue weighted by Gasteiger charge is -2.14. The van der Waals surface area contributed by atoms with E-state index in [-0.39, 0.29) is 5.91 Å². The molecule has 3 heterocycles. The summed E-state index contributed by atoms with van der Waals surface area (Å²) in [6.45, 7) is 3.58. The van der Waals surface area contributed by atoms with Gasteiger partial charge in [0.2, 0.25) is 0 Å². The Labute approximate surface area is 168 Å². The number of nitrogens with zero attached hydrogens (tertiary/aromatic N) is 4. The zero-order valence-corrected chi connectivity index (χ0v) is 16.4. The summed E-state index contributed by atoms with van der Waals surface area (Å²) in [5, 5.41) is 12.2. The molecule has 1 fully saturated rings. The fourth-order valence-corrected chi connectivity index (χ4v) is 3.65. The number of benzene rings is 1. The standard InChI is InChI=1S/C20H22ClN5O2/c1-28-11-10-25-9-8-14(12-25)19-24-23-18-7-2-15(13-26(18)19)20(27)22-17-5-3-16(21)4-6-17/h2-7,13-14H,8-12H2,1H3,(H,22,27). The van der Waals surface area contributed by atoms with Crippen molar-refractivity contribution < 1.29 is 9.53 Å². The molecule has 146 valence electrons. The Morgan fingerprint density at radius 2 is 2.07 bits per heavy atom. The number of ether oxygens (including phenoxy) is 1. The molecule has 1 aliphatic rings. The van der Waals surface area contributed by atoms with Gasteiger partial charge in [-0.1, -0.05) is 11.6 Å². The predicted molar refractivity (Wildman–Crippen MR) is 108 cm³/mol. The van der Waals surface area contributed by atoms with E-state index in [0.717, 1.165) is 44.1 Å². The molecule has 0 radical (unpaired) electrons. The molecule has 8 heteroatoms. The number of carbonyl (C=O) groups is 1. The topological polar surface area (TPSA) is 71.8 Å². The average Bonchev–Trinajstić information content (AvgIpc) is 3.34. The van der Waals surface area contributed by atoms with Crippen molar-refractivity contribution >= 4 is 28.8 Å². The molecule has 3 aromatic rings. The van der Waals surface area contributed by atoms with Gasteiger partial charge in [-0.25, -0.2) is 0 Å². The number of halogens is 1. The van der Waals surface area contributed by atoms with Crippen LogP contribution in [0, 0.1) is 0 Å². The molecule has 1 saturated heterocycles. The maximum absolute atomic E-state index is 12.6. The molecule has 28 heavy (non-hydrogen) atoms. The Kier molecular flexibility index (Phi) is 5.57. The van der Waals surface area contributed by atoms with Gasteiger partial charge >= 0.3 is 0 Å². The first kappa shape index (κ1) is 18.9. The van der Waals surface area contributed by atoms with Gasteiger partial charge in [-0.3, -0.25) is 9.20 Å². The van der Waals surface area contributed by atoms with E-state index in [1.165, 1.54) is 0 Å². The number of rotatable bonds is 6. The van der Waals surface area contributed by atoms with E-state index in [0.29, 0.717) is 22.2 Å². The second-order valence-corrected chi connectivity index (χ2v) is 7.38. The molecule has 1 N–H and O–H groups in total. The summed E-state index contributed by atoms with van der Waals surface area (Å²) < 4.78 is 7.10. The summed E-state index contributed by atoms with van der Waals surface area (Å²) in [5.74, 6) is 1.01. The van der Waals surface area contributed by atoms with Crippen LogP contribution in [0.4, 0.5) is 5.69 Å². The minimum Gasteiger partial charge on any atom is -0.383 e. The van der Waals surface area contributed by atoms with Crippen molar-refractivity contribution in [2.75, 3.05) is 38.7 Å². The summed E-state index contributed by atoms with van der Waals surface area (Å²) in [6.07, 6.45) is 2.83. The van der Waals surface area contributed by atoms with Crippen LogP contribution in [0.25, 0.3) is 5.65 Å². The molecule has 0 bridgehead atoms. The lowest BCUT2D eigenvalue weighted by Crippen LogP contribution is -2.24. The average molecular weight is 400 g/mol. The van der Waals surface area contributed by atoms with Crippen molar-refractivity contribution in [3.8, 4) is 0 Å². The fourth-order valence-electron chi connectivity index (χ4n) is 3.52. The Balaban J connectivity index is 1.53. The highest BCUT2D eigenvalue weighted by atomic mass is 35.5. The number of nitrogens with one attached hydrogen (secondary N) is 1. The third-order valence-electron chi connectivity index (χ3n) is 5.04. The molecule has 1 unspecified atom stereocenters. The maximum Gasteiger partial charge on any atom is 0.257 e. The molecule has 1 aromatic carbocycles. The number of aromatic nitrogens is 3. The Morgan fingerprint density at radius 3 is 2.86 bits per heavy atom. The molecular weight excluding hydrogens is 378 g/mol. The smallest absolute Gasteiger partial charge is 0.257 e. The van der Waals surface area contributed by atoms with Crippen LogP contribution in [0.2, 0.25) is 5.02 Å². The van der Waals surface area contributed by atoms with Gasteiger partial charge in [0.25, 0.3) is 5.91 Å². The quantitative estimate of drug-likeness (QED) is 0.689. The van der Waals surface area contributed by atoms with Crippen molar-refractivity contribution in [2.45, 2.75) is 12.3 Å². The number of methoxy groups -OCH3 is 1. The van der Waals surface area contributed by atoms with E-state index >= 15 is 0 Å². The molecule has 0 spiro atoms. The van der Waals surface area contributed by atoms with Gasteiger partial charge < -0.3 is 15.0 Å². The van der Waals surface area contributed by atoms with Gasteiger partial charge in [0.15, 0.2) is 5.65 Å². The fraction of sp³-hybridized carbons (Fsp3) is 0.350. The van der Waals surface area contributed by atoms with Gasteiger partial charge in [-0.15, -0.1) is 10.2 Å². The number of hydrogen-bond donors (Lipinski definition) is 1. The lowest BCUT2D eigenvalue weighted by molar-refractivity contribution is 0.102. The second-order valence-electron chi connectivity index (χ2n) is 6.94. The minimum atomic E-state index is -0.183. The van der Waals surface area contributed by atoms with Gasteiger partial charge in [0.05, 0.1) is 12.2 Å². The van der Waals surface area contributed by atoms with E-state index in [1.807, 2.05) is 16.7 Å². The van der Waals surface area contributed by atoms with Crippen LogP contribution in [0.1, 0.15) is 28.5 Å². The normalized spacial score (nSPS) is 17.3. The summed E-state index contributed by atoms with van der Waals surface area (Å²) in [4.78, 5) is 15.0. The van der Waals surface area contributed by atoms with Crippen LogP contribution >= 0.6 is 11.6 Å². The Hall–Kier alpha value is -2.48. The molecule has 1 aliphatic heterocycles. The predicted octanol–water partition coefficient (Wildman–Crippen LogP) is 3.07. The van der Waals surface area contributed by atoms with Crippen LogP contribution in [0.3, 0.4) is 0 Å². The van der Waals surface area contributed by atoms with Crippen molar-refractivity contribution in [3.05, 3.63) is 59.0 Å². The first-order valence-electron chi connectivity index (χ1n) is 9.27. The first-order valence-corrected chi connectivity index (χ1v) is 9.65. The Bertz CT molecular complexity index is 972. The summed E-state index contributed by atoms with van der Waals surface area (Å²) >= 11 is 5.90. The minimum absolute atomic E-state index is 0.183. The van der Waals surface area contributed by atoms with Gasteiger partial charge in [0.1, 0.15) is 5.82 Å². The number of likely N-dealkylation sites (tertiary alicyclic amines) is 1. The number of carbonyl (C=O) groups excluding carboxylic acids is 1. The van der Waals surface area contributed by atoms with Crippen LogP contribution in [-0.4, -0.2) is 58.8 Å². The van der Waals surface area contributed by atoms with Crippen molar-refractivity contribution in [2.24, 2.45) is 0 Å². The molecule has 1 amide bonds. The summed E-state index contributed by atoms with van der Waals surface area (Å²) in [7, 11) is 1.72. The first-order chi connectivity index (χ1) is 13.6.